The van der Waals surface area contributed by atoms with Gasteiger partial charge in [0, 0.05) is 16.0 Å². The lowest BCUT2D eigenvalue weighted by atomic mass is 10.2. The lowest BCUT2D eigenvalue weighted by Crippen LogP contribution is -2.24. The van der Waals surface area contributed by atoms with Gasteiger partial charge in [-0.2, -0.15) is 0 Å². The van der Waals surface area contributed by atoms with Crippen LogP contribution in [0.1, 0.15) is 26.8 Å². The van der Waals surface area contributed by atoms with E-state index in [-0.39, 0.29) is 5.91 Å². The predicted molar refractivity (Wildman–Crippen MR) is 114 cm³/mol. The molecule has 146 valence electrons. The van der Waals surface area contributed by atoms with E-state index in [9.17, 15) is 4.79 Å². The van der Waals surface area contributed by atoms with Crippen molar-refractivity contribution >= 4 is 28.8 Å². The zero-order valence-corrected chi connectivity index (χ0v) is 17.2. The highest BCUT2D eigenvalue weighted by Crippen LogP contribution is 2.23. The van der Waals surface area contributed by atoms with E-state index in [4.69, 9.17) is 11.6 Å². The molecule has 0 atom stereocenters. The lowest BCUT2D eigenvalue weighted by molar-refractivity contribution is 0.0945. The summed E-state index contributed by atoms with van der Waals surface area (Å²) in [6.45, 7) is 2.76. The van der Waals surface area contributed by atoms with Crippen molar-refractivity contribution in [1.82, 2.24) is 25.3 Å². The fourth-order valence-electron chi connectivity index (χ4n) is 2.86. The Labute approximate surface area is 177 Å². The second-order valence-corrected chi connectivity index (χ2v) is 7.86. The van der Waals surface area contributed by atoms with Crippen molar-refractivity contribution in [2.75, 3.05) is 0 Å². The maximum absolute atomic E-state index is 12.6. The van der Waals surface area contributed by atoms with Gasteiger partial charge >= 0.3 is 0 Å². The highest BCUT2D eigenvalue weighted by molar-refractivity contribution is 7.09. The van der Waals surface area contributed by atoms with Crippen molar-refractivity contribution in [2.45, 2.75) is 20.0 Å². The molecule has 6 nitrogen and oxygen atoms in total. The lowest BCUT2D eigenvalue weighted by Gasteiger charge is -2.04. The van der Waals surface area contributed by atoms with Crippen LogP contribution in [0.4, 0.5) is 0 Å². The molecule has 2 aromatic heterocycles. The van der Waals surface area contributed by atoms with E-state index in [0.717, 1.165) is 27.5 Å². The minimum atomic E-state index is -0.259. The highest BCUT2D eigenvalue weighted by Gasteiger charge is 2.17. The van der Waals surface area contributed by atoms with Gasteiger partial charge in [-0.05, 0) is 24.6 Å². The van der Waals surface area contributed by atoms with Crippen molar-refractivity contribution in [3.63, 3.8) is 0 Å². The van der Waals surface area contributed by atoms with Crippen LogP contribution in [0.15, 0.2) is 60.0 Å². The number of benzene rings is 2. The van der Waals surface area contributed by atoms with E-state index in [2.05, 4.69) is 20.6 Å². The van der Waals surface area contributed by atoms with E-state index >= 15 is 0 Å². The Morgan fingerprint density at radius 3 is 2.66 bits per heavy atom. The molecule has 2 heterocycles. The molecule has 0 unspecified atom stereocenters. The summed E-state index contributed by atoms with van der Waals surface area (Å²) in [5.74, 6) is -0.259. The molecule has 4 rings (SSSR count). The van der Waals surface area contributed by atoms with Gasteiger partial charge in [0.05, 0.1) is 24.5 Å². The normalized spacial score (nSPS) is 10.8. The number of rotatable bonds is 6. The number of nitrogens with zero attached hydrogens (tertiary/aromatic N) is 4. The third-order valence-corrected chi connectivity index (χ3v) is 5.57. The number of carbonyl (C=O) groups is 1. The van der Waals surface area contributed by atoms with Gasteiger partial charge in [-0.3, -0.25) is 4.79 Å². The molecule has 29 heavy (non-hydrogen) atoms. The van der Waals surface area contributed by atoms with Crippen LogP contribution in [-0.2, 0) is 13.1 Å². The van der Waals surface area contributed by atoms with Crippen molar-refractivity contribution in [1.29, 1.82) is 0 Å². The molecule has 1 amide bonds. The summed E-state index contributed by atoms with van der Waals surface area (Å²) in [7, 11) is 0. The molecular formula is C21H18ClN5OS. The van der Waals surface area contributed by atoms with E-state index in [1.807, 2.05) is 66.9 Å². The Bertz CT molecular complexity index is 1120. The number of amides is 1. The van der Waals surface area contributed by atoms with Gasteiger partial charge < -0.3 is 5.32 Å². The molecule has 0 aliphatic carbocycles. The average Bonchev–Trinajstić information content (AvgIpc) is 3.35. The zero-order chi connectivity index (χ0) is 20.2. The summed E-state index contributed by atoms with van der Waals surface area (Å²) in [5, 5.41) is 14.5. The predicted octanol–water partition coefficient (Wildman–Crippen LogP) is 4.34. The van der Waals surface area contributed by atoms with E-state index in [0.29, 0.717) is 23.8 Å². The van der Waals surface area contributed by atoms with Crippen LogP contribution in [0.3, 0.4) is 0 Å². The Hall–Kier alpha value is -3.03. The second-order valence-electron chi connectivity index (χ2n) is 6.48. The molecule has 0 saturated heterocycles. The van der Waals surface area contributed by atoms with Gasteiger partial charge in [0.2, 0.25) is 0 Å². The third-order valence-electron chi connectivity index (χ3n) is 4.46. The number of hydrogen-bond donors (Lipinski definition) is 1. The average molecular weight is 424 g/mol. The van der Waals surface area contributed by atoms with Gasteiger partial charge in [0.25, 0.3) is 5.91 Å². The molecule has 0 aliphatic heterocycles. The monoisotopic (exact) mass is 423 g/mol. The van der Waals surface area contributed by atoms with Crippen LogP contribution < -0.4 is 5.32 Å². The summed E-state index contributed by atoms with van der Waals surface area (Å²) in [6, 6.07) is 17.5. The molecule has 2 aromatic carbocycles. The first-order valence-corrected chi connectivity index (χ1v) is 10.3. The van der Waals surface area contributed by atoms with Crippen molar-refractivity contribution in [3.8, 4) is 11.3 Å². The van der Waals surface area contributed by atoms with Crippen LogP contribution in [0.5, 0.6) is 0 Å². The fourth-order valence-corrected chi connectivity index (χ4v) is 3.73. The first-order valence-electron chi connectivity index (χ1n) is 9.02. The standard InChI is InChI=1S/C21H18ClN5OS/c1-14-20(25-26-27(14)12-15-5-3-2-4-6-15)21(28)23-11-19-24-18(13-29-19)16-7-9-17(22)10-8-16/h2-10,13H,11-12H2,1H3,(H,23,28). The Morgan fingerprint density at radius 2 is 1.90 bits per heavy atom. The second kappa shape index (κ2) is 8.55. The quantitative estimate of drug-likeness (QED) is 0.500. The maximum Gasteiger partial charge on any atom is 0.274 e. The largest absolute Gasteiger partial charge is 0.344 e. The van der Waals surface area contributed by atoms with Crippen LogP contribution in [0.2, 0.25) is 5.02 Å². The zero-order valence-electron chi connectivity index (χ0n) is 15.7. The molecule has 1 N–H and O–H groups in total. The number of thiazole rings is 1. The van der Waals surface area contributed by atoms with Crippen LogP contribution in [0.25, 0.3) is 11.3 Å². The number of nitrogens with one attached hydrogen (secondary N) is 1. The minimum Gasteiger partial charge on any atom is -0.344 e. The number of halogens is 1. The summed E-state index contributed by atoms with van der Waals surface area (Å²) >= 11 is 7.43. The van der Waals surface area contributed by atoms with Crippen molar-refractivity contribution in [2.24, 2.45) is 0 Å². The molecular weight excluding hydrogens is 406 g/mol. The van der Waals surface area contributed by atoms with Crippen LogP contribution in [0, 0.1) is 6.92 Å². The van der Waals surface area contributed by atoms with Crippen molar-refractivity contribution in [3.05, 3.63) is 87.0 Å². The highest BCUT2D eigenvalue weighted by atomic mass is 35.5. The summed E-state index contributed by atoms with van der Waals surface area (Å²) < 4.78 is 1.73. The van der Waals surface area contributed by atoms with Crippen LogP contribution >= 0.6 is 22.9 Å². The SMILES string of the molecule is Cc1c(C(=O)NCc2nc(-c3ccc(Cl)cc3)cs2)nnn1Cc1ccccc1. The van der Waals surface area contributed by atoms with E-state index in [1.54, 1.807) is 4.68 Å². The number of hydrogen-bond acceptors (Lipinski definition) is 5. The molecule has 0 radical (unpaired) electrons. The summed E-state index contributed by atoms with van der Waals surface area (Å²) in [4.78, 5) is 17.1. The van der Waals surface area contributed by atoms with Gasteiger partial charge in [0.15, 0.2) is 5.69 Å². The number of aromatic nitrogens is 4. The Balaban J connectivity index is 1.40. The molecule has 0 aliphatic rings. The van der Waals surface area contributed by atoms with Gasteiger partial charge in [-0.15, -0.1) is 16.4 Å². The first-order chi connectivity index (χ1) is 14.1. The summed E-state index contributed by atoms with van der Waals surface area (Å²) in [5.41, 5.74) is 4.01. The number of carbonyl (C=O) groups excluding carboxylic acids is 1. The minimum absolute atomic E-state index is 0.259. The maximum atomic E-state index is 12.6. The van der Waals surface area contributed by atoms with E-state index in [1.165, 1.54) is 11.3 Å². The van der Waals surface area contributed by atoms with Crippen molar-refractivity contribution < 1.29 is 4.79 Å². The Morgan fingerprint density at radius 1 is 1.14 bits per heavy atom. The molecule has 0 spiro atoms. The summed E-state index contributed by atoms with van der Waals surface area (Å²) in [6.07, 6.45) is 0. The van der Waals surface area contributed by atoms with Gasteiger partial charge in [0.1, 0.15) is 5.01 Å². The molecule has 0 fully saturated rings. The molecule has 8 heteroatoms. The van der Waals surface area contributed by atoms with Crippen LogP contribution in [-0.4, -0.2) is 25.9 Å². The fraction of sp³-hybridized carbons (Fsp3) is 0.143. The molecule has 4 aromatic rings. The van der Waals surface area contributed by atoms with Gasteiger partial charge in [-0.1, -0.05) is 59.3 Å². The molecule has 0 bridgehead atoms. The topological polar surface area (TPSA) is 72.7 Å². The van der Waals surface area contributed by atoms with Gasteiger partial charge in [-0.25, -0.2) is 9.67 Å². The molecule has 0 saturated carbocycles. The Kier molecular flexibility index (Phi) is 5.69. The van der Waals surface area contributed by atoms with E-state index < -0.39 is 0 Å². The third kappa shape index (κ3) is 4.52. The first kappa shape index (κ1) is 19.3. The smallest absolute Gasteiger partial charge is 0.274 e.